The number of alkyl halides is 1. The first-order valence-electron chi connectivity index (χ1n) is 12.0. The van der Waals surface area contributed by atoms with Crippen molar-refractivity contribution in [1.82, 2.24) is 20.2 Å². The van der Waals surface area contributed by atoms with Crippen molar-refractivity contribution in [3.8, 4) is 6.07 Å². The molecule has 10 nitrogen and oxygen atoms in total. The number of halogens is 1. The number of ether oxygens (including phenoxy) is 2. The topological polar surface area (TPSA) is 121 Å². The fraction of sp³-hybridized carbons (Fsp3) is 0.560. The number of carbonyl (C=O) groups is 2. The summed E-state index contributed by atoms with van der Waals surface area (Å²) < 4.78 is 26.7. The number of amides is 2. The number of hydrogen-bond donors (Lipinski definition) is 1. The second kappa shape index (κ2) is 9.85. The minimum absolute atomic E-state index is 0.0952. The summed E-state index contributed by atoms with van der Waals surface area (Å²) in [6, 6.07) is 5.76. The summed E-state index contributed by atoms with van der Waals surface area (Å²) in [6.07, 6.45) is 1.99. The van der Waals surface area contributed by atoms with Gasteiger partial charge in [-0.25, -0.2) is 14.2 Å². The fourth-order valence-electron chi connectivity index (χ4n) is 4.55. The Morgan fingerprint density at radius 1 is 1.36 bits per heavy atom. The third-order valence-corrected chi connectivity index (χ3v) is 6.17. The number of carbonyl (C=O) groups excluding carboxylic acids is 2. The Hall–Kier alpha value is -3.52. The van der Waals surface area contributed by atoms with Crippen molar-refractivity contribution >= 4 is 28.6 Å². The predicted molar refractivity (Wildman–Crippen MR) is 130 cm³/mol. The van der Waals surface area contributed by atoms with E-state index in [4.69, 9.17) is 9.47 Å². The van der Waals surface area contributed by atoms with Gasteiger partial charge in [0.15, 0.2) is 5.69 Å². The van der Waals surface area contributed by atoms with Gasteiger partial charge in [0.1, 0.15) is 17.2 Å². The normalized spacial score (nSPS) is 24.4. The SMILES string of the molecule is C[C@@H]1CN(c2cnc(C#N)c3ncccc23)C[C@H](CNC(=O)[C@@]2(F)CCN(C(=O)OC(C)(C)C)C2)O1. The molecule has 0 aromatic carbocycles. The number of pyridine rings is 2. The molecule has 2 amide bonds. The number of nitriles is 1. The highest BCUT2D eigenvalue weighted by atomic mass is 19.1. The highest BCUT2D eigenvalue weighted by molar-refractivity contribution is 5.93. The summed E-state index contributed by atoms with van der Waals surface area (Å²) in [6.45, 7) is 8.01. The number of nitrogens with zero attached hydrogens (tertiary/aromatic N) is 5. The van der Waals surface area contributed by atoms with E-state index < -0.39 is 29.4 Å². The summed E-state index contributed by atoms with van der Waals surface area (Å²) in [5.41, 5.74) is -1.29. The predicted octanol–water partition coefficient (Wildman–Crippen LogP) is 2.56. The molecule has 2 saturated heterocycles. The van der Waals surface area contributed by atoms with Gasteiger partial charge in [-0.2, -0.15) is 5.26 Å². The summed E-state index contributed by atoms with van der Waals surface area (Å²) in [5, 5.41) is 12.8. The van der Waals surface area contributed by atoms with E-state index in [9.17, 15) is 14.9 Å². The third kappa shape index (κ3) is 5.49. The van der Waals surface area contributed by atoms with Gasteiger partial charge < -0.3 is 24.6 Å². The molecule has 4 rings (SSSR count). The summed E-state index contributed by atoms with van der Waals surface area (Å²) >= 11 is 0. The summed E-state index contributed by atoms with van der Waals surface area (Å²) in [5.74, 6) is -0.767. The molecule has 4 heterocycles. The van der Waals surface area contributed by atoms with Gasteiger partial charge in [-0.1, -0.05) is 0 Å². The van der Waals surface area contributed by atoms with Crippen LogP contribution in [-0.2, 0) is 14.3 Å². The van der Waals surface area contributed by atoms with Crippen molar-refractivity contribution in [3.63, 3.8) is 0 Å². The lowest BCUT2D eigenvalue weighted by Crippen LogP contribution is -2.53. The van der Waals surface area contributed by atoms with Crippen molar-refractivity contribution in [2.75, 3.05) is 37.6 Å². The highest BCUT2D eigenvalue weighted by Gasteiger charge is 2.47. The van der Waals surface area contributed by atoms with E-state index in [0.29, 0.717) is 18.6 Å². The Morgan fingerprint density at radius 2 is 2.14 bits per heavy atom. The number of anilines is 1. The number of morpholine rings is 1. The zero-order valence-electron chi connectivity index (χ0n) is 21.0. The van der Waals surface area contributed by atoms with Gasteiger partial charge in [0.05, 0.1) is 30.6 Å². The number of hydrogen-bond acceptors (Lipinski definition) is 8. The Bertz CT molecular complexity index is 1200. The lowest BCUT2D eigenvalue weighted by molar-refractivity contribution is -0.133. The molecule has 2 aliphatic rings. The van der Waals surface area contributed by atoms with Crippen LogP contribution in [-0.4, -0.2) is 83.1 Å². The molecule has 0 saturated carbocycles. The molecule has 0 spiro atoms. The maximum atomic E-state index is 15.4. The largest absolute Gasteiger partial charge is 0.444 e. The smallest absolute Gasteiger partial charge is 0.410 e. The van der Waals surface area contributed by atoms with Crippen LogP contribution in [0, 0.1) is 11.3 Å². The maximum Gasteiger partial charge on any atom is 0.410 e. The quantitative estimate of drug-likeness (QED) is 0.683. The Kier molecular flexibility index (Phi) is 7.00. The number of likely N-dealkylation sites (tertiary alicyclic amines) is 1. The van der Waals surface area contributed by atoms with E-state index >= 15 is 4.39 Å². The zero-order chi connectivity index (χ0) is 26.1. The van der Waals surface area contributed by atoms with Crippen LogP contribution in [0.25, 0.3) is 10.9 Å². The van der Waals surface area contributed by atoms with Crippen molar-refractivity contribution in [2.45, 2.75) is 57.6 Å². The lowest BCUT2D eigenvalue weighted by atomic mass is 10.0. The molecule has 11 heteroatoms. The van der Waals surface area contributed by atoms with Gasteiger partial charge in [-0.05, 0) is 39.8 Å². The van der Waals surface area contributed by atoms with E-state index in [2.05, 4.69) is 26.3 Å². The molecule has 2 aliphatic heterocycles. The fourth-order valence-corrected chi connectivity index (χ4v) is 4.55. The molecular formula is C25H31FN6O4. The van der Waals surface area contributed by atoms with Gasteiger partial charge >= 0.3 is 6.09 Å². The van der Waals surface area contributed by atoms with Crippen LogP contribution in [0.3, 0.4) is 0 Å². The number of nitrogens with one attached hydrogen (secondary N) is 1. The maximum absolute atomic E-state index is 15.4. The van der Waals surface area contributed by atoms with E-state index in [1.807, 2.05) is 13.0 Å². The molecule has 36 heavy (non-hydrogen) atoms. The zero-order valence-corrected chi connectivity index (χ0v) is 21.0. The third-order valence-electron chi connectivity index (χ3n) is 6.17. The van der Waals surface area contributed by atoms with E-state index in [0.717, 1.165) is 11.1 Å². The molecule has 2 aromatic heterocycles. The van der Waals surface area contributed by atoms with Crippen LogP contribution in [0.15, 0.2) is 24.5 Å². The van der Waals surface area contributed by atoms with E-state index in [-0.39, 0.29) is 37.9 Å². The van der Waals surface area contributed by atoms with Crippen LogP contribution in [0.4, 0.5) is 14.9 Å². The van der Waals surface area contributed by atoms with E-state index in [1.165, 1.54) is 4.90 Å². The molecule has 3 atom stereocenters. The Labute approximate surface area is 209 Å². The average molecular weight is 499 g/mol. The van der Waals surface area contributed by atoms with Gasteiger partial charge in [-0.15, -0.1) is 0 Å². The van der Waals surface area contributed by atoms with Crippen LogP contribution in [0.5, 0.6) is 0 Å². The van der Waals surface area contributed by atoms with Gasteiger partial charge in [0.2, 0.25) is 5.67 Å². The van der Waals surface area contributed by atoms with Crippen LogP contribution in [0.1, 0.15) is 39.8 Å². The van der Waals surface area contributed by atoms with Crippen LogP contribution < -0.4 is 10.2 Å². The first-order valence-corrected chi connectivity index (χ1v) is 12.0. The Morgan fingerprint density at radius 3 is 2.86 bits per heavy atom. The van der Waals surface area contributed by atoms with Gasteiger partial charge in [-0.3, -0.25) is 9.78 Å². The molecule has 2 fully saturated rings. The van der Waals surface area contributed by atoms with Gasteiger partial charge in [0.25, 0.3) is 5.91 Å². The average Bonchev–Trinajstić information content (AvgIpc) is 3.24. The minimum atomic E-state index is -2.18. The monoisotopic (exact) mass is 498 g/mol. The van der Waals surface area contributed by atoms with Crippen molar-refractivity contribution in [3.05, 3.63) is 30.2 Å². The lowest BCUT2D eigenvalue weighted by Gasteiger charge is -2.38. The first kappa shape index (κ1) is 25.6. The standard InChI is InChI=1S/C25H31FN6O4/c1-16-13-32(20-12-29-19(10-27)21-18(20)6-5-8-28-21)14-17(35-16)11-30-22(33)25(26)7-9-31(15-25)23(34)36-24(2,3)4/h5-6,8,12,16-17H,7,9,11,13-15H2,1-4H3,(H,30,33)/t16-,17+,25-/m1/s1. The summed E-state index contributed by atoms with van der Waals surface area (Å²) in [7, 11) is 0. The molecule has 0 radical (unpaired) electrons. The van der Waals surface area contributed by atoms with E-state index in [1.54, 1.807) is 39.2 Å². The van der Waals surface area contributed by atoms with Crippen LogP contribution >= 0.6 is 0 Å². The molecule has 0 bridgehead atoms. The molecular weight excluding hydrogens is 467 g/mol. The molecule has 2 aromatic rings. The minimum Gasteiger partial charge on any atom is -0.444 e. The summed E-state index contributed by atoms with van der Waals surface area (Å²) in [4.78, 5) is 36.9. The molecule has 0 unspecified atom stereocenters. The second-order valence-corrected chi connectivity index (χ2v) is 10.3. The number of fused-ring (bicyclic) bond motifs is 1. The molecule has 1 N–H and O–H groups in total. The van der Waals surface area contributed by atoms with Crippen LogP contribution in [0.2, 0.25) is 0 Å². The number of aromatic nitrogens is 2. The first-order chi connectivity index (χ1) is 17.0. The van der Waals surface area contributed by atoms with Crippen molar-refractivity contribution in [2.24, 2.45) is 0 Å². The second-order valence-electron chi connectivity index (χ2n) is 10.3. The number of rotatable bonds is 4. The highest BCUT2D eigenvalue weighted by Crippen LogP contribution is 2.30. The van der Waals surface area contributed by atoms with Gasteiger partial charge in [0, 0.05) is 44.2 Å². The molecule has 0 aliphatic carbocycles. The Balaban J connectivity index is 1.40. The van der Waals surface area contributed by atoms with Crippen molar-refractivity contribution in [1.29, 1.82) is 5.26 Å². The molecule has 192 valence electrons. The van der Waals surface area contributed by atoms with Crippen molar-refractivity contribution < 1.29 is 23.5 Å².